The van der Waals surface area contributed by atoms with E-state index in [9.17, 15) is 4.79 Å². The van der Waals surface area contributed by atoms with Crippen LogP contribution in [0, 0.1) is 0 Å². The van der Waals surface area contributed by atoms with Crippen molar-refractivity contribution in [2.45, 2.75) is 12.8 Å². The highest BCUT2D eigenvalue weighted by Gasteiger charge is 2.12. The Morgan fingerprint density at radius 1 is 1.04 bits per heavy atom. The van der Waals surface area contributed by atoms with Crippen molar-refractivity contribution < 1.29 is 14.3 Å². The fourth-order valence-corrected chi connectivity index (χ4v) is 2.55. The van der Waals surface area contributed by atoms with E-state index in [1.54, 1.807) is 30.6 Å². The molecule has 0 amide bonds. The summed E-state index contributed by atoms with van der Waals surface area (Å²) in [6.07, 6.45) is 4.98. The fourth-order valence-electron chi connectivity index (χ4n) is 2.22. The number of halogens is 2. The second-order valence-electron chi connectivity index (χ2n) is 5.51. The van der Waals surface area contributed by atoms with Gasteiger partial charge in [-0.2, -0.15) is 0 Å². The van der Waals surface area contributed by atoms with Crippen LogP contribution >= 0.6 is 23.2 Å². The Morgan fingerprint density at radius 2 is 1.93 bits per heavy atom. The van der Waals surface area contributed by atoms with Gasteiger partial charge in [-0.05, 0) is 42.7 Å². The van der Waals surface area contributed by atoms with Crippen LogP contribution in [0.15, 0.2) is 54.9 Å². The van der Waals surface area contributed by atoms with E-state index in [-0.39, 0.29) is 23.2 Å². The van der Waals surface area contributed by atoms with Crippen LogP contribution in [0.1, 0.15) is 22.5 Å². The molecule has 0 saturated carbocycles. The van der Waals surface area contributed by atoms with Crippen LogP contribution in [-0.4, -0.2) is 27.8 Å². The lowest BCUT2D eigenvalue weighted by molar-refractivity contribution is 0.0492. The molecule has 27 heavy (non-hydrogen) atoms. The van der Waals surface area contributed by atoms with E-state index in [4.69, 9.17) is 32.7 Å². The number of ether oxygens (including phenoxy) is 2. The molecular weight excluding hydrogens is 389 g/mol. The number of pyridine rings is 1. The molecule has 0 aliphatic heterocycles. The van der Waals surface area contributed by atoms with E-state index in [1.165, 1.54) is 12.1 Å². The lowest BCUT2D eigenvalue weighted by Gasteiger charge is -2.07. The molecule has 0 atom stereocenters. The molecule has 0 spiro atoms. The molecule has 2 aromatic heterocycles. The molecule has 0 radical (unpaired) electrons. The third kappa shape index (κ3) is 5.39. The Balaban J connectivity index is 1.50. The first-order valence-electron chi connectivity index (χ1n) is 8.15. The van der Waals surface area contributed by atoms with E-state index in [2.05, 4.69) is 15.2 Å². The normalized spacial score (nSPS) is 10.4. The monoisotopic (exact) mass is 403 g/mol. The maximum atomic E-state index is 12.0. The predicted octanol–water partition coefficient (Wildman–Crippen LogP) is 4.76. The van der Waals surface area contributed by atoms with E-state index in [0.29, 0.717) is 17.2 Å². The summed E-state index contributed by atoms with van der Waals surface area (Å²) in [5.41, 5.74) is 1.19. The first-order valence-corrected chi connectivity index (χ1v) is 8.90. The van der Waals surface area contributed by atoms with Crippen molar-refractivity contribution in [3.8, 4) is 11.6 Å². The van der Waals surface area contributed by atoms with Crippen LogP contribution in [-0.2, 0) is 11.2 Å². The number of carbonyl (C=O) groups excluding carboxylic acids is 1. The fraction of sp³-hybridized carbons (Fsp3) is 0.158. The number of aromatic nitrogens is 3. The third-order valence-electron chi connectivity index (χ3n) is 3.55. The molecule has 8 heteroatoms. The molecule has 3 aromatic rings. The molecular formula is C19H15Cl2N3O3. The van der Waals surface area contributed by atoms with Gasteiger partial charge in [0.05, 0.1) is 11.6 Å². The Labute approximate surface area is 166 Å². The predicted molar refractivity (Wildman–Crippen MR) is 101 cm³/mol. The number of carbonyl (C=O) groups is 1. The first-order chi connectivity index (χ1) is 13.1. The van der Waals surface area contributed by atoms with Crippen molar-refractivity contribution in [3.63, 3.8) is 0 Å². The van der Waals surface area contributed by atoms with Crippen LogP contribution < -0.4 is 4.74 Å². The van der Waals surface area contributed by atoms with Crippen molar-refractivity contribution in [2.75, 3.05) is 6.61 Å². The summed E-state index contributed by atoms with van der Waals surface area (Å²) in [7, 11) is 0. The maximum Gasteiger partial charge on any atom is 0.358 e. The highest BCUT2D eigenvalue weighted by molar-refractivity contribution is 6.42. The lowest BCUT2D eigenvalue weighted by atomic mass is 10.2. The maximum absolute atomic E-state index is 12.0. The number of hydrogen-bond acceptors (Lipinski definition) is 6. The quantitative estimate of drug-likeness (QED) is 0.418. The number of esters is 1. The molecule has 0 bridgehead atoms. The summed E-state index contributed by atoms with van der Waals surface area (Å²) in [5, 5.41) is 8.33. The molecule has 138 valence electrons. The number of nitrogens with zero attached hydrogens (tertiary/aromatic N) is 3. The van der Waals surface area contributed by atoms with Gasteiger partial charge < -0.3 is 9.47 Å². The van der Waals surface area contributed by atoms with Gasteiger partial charge in [0.1, 0.15) is 10.8 Å². The molecule has 2 heterocycles. The molecule has 3 rings (SSSR count). The van der Waals surface area contributed by atoms with Gasteiger partial charge in [0, 0.05) is 18.5 Å². The topological polar surface area (TPSA) is 74.2 Å². The summed E-state index contributed by atoms with van der Waals surface area (Å²) in [6, 6.07) is 11.8. The average molecular weight is 404 g/mol. The summed E-state index contributed by atoms with van der Waals surface area (Å²) < 4.78 is 10.7. The first kappa shape index (κ1) is 19.1. The standard InChI is InChI=1S/C19H15Cl2N3O3/c20-14-6-1-7-16(18(14)21)27-17-9-8-15(23-24-17)19(25)26-11-3-5-13-4-2-10-22-12-13/h1-2,4,6-10,12H,3,5,11H2. The summed E-state index contributed by atoms with van der Waals surface area (Å²) in [5.74, 6) is -0.00230. The van der Waals surface area contributed by atoms with Crippen molar-refractivity contribution >= 4 is 29.2 Å². The molecule has 0 aliphatic carbocycles. The zero-order valence-corrected chi connectivity index (χ0v) is 15.7. The van der Waals surface area contributed by atoms with Crippen molar-refractivity contribution in [3.05, 3.63) is 76.2 Å². The number of aryl methyl sites for hydroxylation is 1. The van der Waals surface area contributed by atoms with Gasteiger partial charge in [-0.1, -0.05) is 35.3 Å². The van der Waals surface area contributed by atoms with Crippen LogP contribution in [0.2, 0.25) is 10.0 Å². The number of rotatable bonds is 7. The van der Waals surface area contributed by atoms with Gasteiger partial charge in [-0.3, -0.25) is 4.98 Å². The second-order valence-corrected chi connectivity index (χ2v) is 6.30. The molecule has 0 fully saturated rings. The Kier molecular flexibility index (Phi) is 6.57. The zero-order valence-electron chi connectivity index (χ0n) is 14.1. The van der Waals surface area contributed by atoms with Crippen LogP contribution in [0.3, 0.4) is 0 Å². The van der Waals surface area contributed by atoms with Gasteiger partial charge in [0.2, 0.25) is 5.88 Å². The second kappa shape index (κ2) is 9.30. The molecule has 0 aliphatic rings. The molecule has 0 N–H and O–H groups in total. The van der Waals surface area contributed by atoms with E-state index >= 15 is 0 Å². The van der Waals surface area contributed by atoms with Gasteiger partial charge in [0.25, 0.3) is 0 Å². The number of benzene rings is 1. The average Bonchev–Trinajstić information content (AvgIpc) is 2.70. The van der Waals surface area contributed by atoms with Gasteiger partial charge in [0.15, 0.2) is 5.69 Å². The minimum Gasteiger partial charge on any atom is -0.461 e. The SMILES string of the molecule is O=C(OCCCc1cccnc1)c1ccc(Oc2cccc(Cl)c2Cl)nn1. The molecule has 0 unspecified atom stereocenters. The minimum absolute atomic E-state index is 0.0981. The van der Waals surface area contributed by atoms with Crippen LogP contribution in [0.5, 0.6) is 11.6 Å². The summed E-state index contributed by atoms with van der Waals surface area (Å²) in [6.45, 7) is 0.284. The Morgan fingerprint density at radius 3 is 2.67 bits per heavy atom. The van der Waals surface area contributed by atoms with Gasteiger partial charge >= 0.3 is 5.97 Å². The van der Waals surface area contributed by atoms with E-state index in [0.717, 1.165) is 12.0 Å². The highest BCUT2D eigenvalue weighted by Crippen LogP contribution is 2.33. The zero-order chi connectivity index (χ0) is 19.1. The third-order valence-corrected chi connectivity index (χ3v) is 4.35. The Bertz CT molecular complexity index is 906. The highest BCUT2D eigenvalue weighted by atomic mass is 35.5. The smallest absolute Gasteiger partial charge is 0.358 e. The largest absolute Gasteiger partial charge is 0.461 e. The minimum atomic E-state index is -0.541. The lowest BCUT2D eigenvalue weighted by Crippen LogP contribution is -2.10. The Hall–Kier alpha value is -2.70. The molecule has 1 aromatic carbocycles. The van der Waals surface area contributed by atoms with Crippen LogP contribution in [0.4, 0.5) is 0 Å². The van der Waals surface area contributed by atoms with Crippen molar-refractivity contribution in [2.24, 2.45) is 0 Å². The molecule has 0 saturated heterocycles. The van der Waals surface area contributed by atoms with Crippen molar-refractivity contribution in [1.29, 1.82) is 0 Å². The van der Waals surface area contributed by atoms with Crippen LogP contribution in [0.25, 0.3) is 0 Å². The molecule has 6 nitrogen and oxygen atoms in total. The summed E-state index contributed by atoms with van der Waals surface area (Å²) >= 11 is 12.0. The van der Waals surface area contributed by atoms with Gasteiger partial charge in [-0.25, -0.2) is 4.79 Å². The summed E-state index contributed by atoms with van der Waals surface area (Å²) in [4.78, 5) is 16.0. The van der Waals surface area contributed by atoms with Gasteiger partial charge in [-0.15, -0.1) is 10.2 Å². The van der Waals surface area contributed by atoms with Crippen molar-refractivity contribution in [1.82, 2.24) is 15.2 Å². The van der Waals surface area contributed by atoms with E-state index < -0.39 is 5.97 Å². The van der Waals surface area contributed by atoms with E-state index in [1.807, 2.05) is 12.1 Å². The number of hydrogen-bond donors (Lipinski definition) is 0.